The van der Waals surface area contributed by atoms with Crippen molar-refractivity contribution in [2.24, 2.45) is 7.05 Å². The summed E-state index contributed by atoms with van der Waals surface area (Å²) in [5, 5.41) is 9.35. The number of nitrogens with zero attached hydrogens (tertiary/aromatic N) is 2. The van der Waals surface area contributed by atoms with E-state index in [1.54, 1.807) is 6.20 Å². The van der Waals surface area contributed by atoms with Gasteiger partial charge in [0.25, 0.3) is 0 Å². The summed E-state index contributed by atoms with van der Waals surface area (Å²) in [5.41, 5.74) is 2.63. The van der Waals surface area contributed by atoms with E-state index < -0.39 is 11.7 Å². The van der Waals surface area contributed by atoms with E-state index in [9.17, 15) is 18.0 Å². The second-order valence-corrected chi connectivity index (χ2v) is 7.01. The molecule has 0 unspecified atom stereocenters. The third-order valence-corrected chi connectivity index (χ3v) is 4.72. The number of anilines is 2. The Hall–Kier alpha value is -2.52. The summed E-state index contributed by atoms with van der Waals surface area (Å²) >= 11 is 8.99. The highest BCUT2D eigenvalue weighted by Crippen LogP contribution is 2.33. The molecule has 0 aliphatic rings. The third-order valence-electron chi connectivity index (χ3n) is 3.83. The molecular formula is C19H17BrClF3N4O. The van der Waals surface area contributed by atoms with Gasteiger partial charge in [0.2, 0.25) is 6.41 Å². The smallest absolute Gasteiger partial charge is 0.388 e. The average Bonchev–Trinajstić information content (AvgIpc) is 3.01. The number of alkyl halides is 3. The zero-order chi connectivity index (χ0) is 21.6. The van der Waals surface area contributed by atoms with Gasteiger partial charge in [-0.1, -0.05) is 23.7 Å². The number of hydrogen-bond donors (Lipinski definition) is 2. The molecule has 0 saturated heterocycles. The van der Waals surface area contributed by atoms with E-state index in [0.717, 1.165) is 39.6 Å². The number of amides is 1. The molecule has 0 aliphatic carbocycles. The van der Waals surface area contributed by atoms with Gasteiger partial charge in [-0.25, -0.2) is 0 Å². The van der Waals surface area contributed by atoms with Crippen molar-refractivity contribution in [1.82, 2.24) is 9.78 Å². The van der Waals surface area contributed by atoms with Crippen LogP contribution in [-0.4, -0.2) is 23.2 Å². The summed E-state index contributed by atoms with van der Waals surface area (Å²) in [5.74, 6) is 0. The van der Waals surface area contributed by atoms with Crippen LogP contribution in [0.4, 0.5) is 24.5 Å². The highest BCUT2D eigenvalue weighted by molar-refractivity contribution is 9.10. The minimum atomic E-state index is -4.43. The van der Waals surface area contributed by atoms with Gasteiger partial charge in [-0.2, -0.15) is 18.3 Å². The molecule has 1 aromatic heterocycles. The summed E-state index contributed by atoms with van der Waals surface area (Å²) in [6, 6.07) is 10.9. The summed E-state index contributed by atoms with van der Waals surface area (Å²) in [7, 11) is 3.85. The van der Waals surface area contributed by atoms with Crippen LogP contribution in [0.2, 0.25) is 5.02 Å². The van der Waals surface area contributed by atoms with E-state index in [1.807, 2.05) is 30.9 Å². The fraction of sp³-hybridized carbons (Fsp3) is 0.158. The van der Waals surface area contributed by atoms with E-state index in [0.29, 0.717) is 6.41 Å². The SMILES string of the molecule is CNc1cccc(-c2c(Br)cnn2C)c1.O=CNc1ccc(C(F)(F)F)cc1Cl. The number of aromatic nitrogens is 2. The normalized spacial score (nSPS) is 10.7. The Labute approximate surface area is 179 Å². The Balaban J connectivity index is 0.000000208. The van der Waals surface area contributed by atoms with Crippen LogP contribution in [-0.2, 0) is 18.0 Å². The molecule has 0 saturated carbocycles. The Bertz CT molecular complexity index is 972. The van der Waals surface area contributed by atoms with Crippen LogP contribution in [0.1, 0.15) is 5.56 Å². The monoisotopic (exact) mass is 488 g/mol. The number of halogens is 5. The van der Waals surface area contributed by atoms with Gasteiger partial charge >= 0.3 is 6.18 Å². The molecule has 2 aromatic carbocycles. The standard InChI is InChI=1S/C11H12BrN3.C8H5ClF3NO/c1-13-9-5-3-4-8(6-9)11-10(12)7-14-15(11)2;9-6-3-5(8(10,11)12)1-2-7(6)13-4-14/h3-7,13H,1-2H3;1-4H,(H,13,14). The summed E-state index contributed by atoms with van der Waals surface area (Å²) in [6.07, 6.45) is -2.28. The number of carbonyl (C=O) groups is 1. The van der Waals surface area contributed by atoms with Crippen molar-refractivity contribution in [3.63, 3.8) is 0 Å². The van der Waals surface area contributed by atoms with Crippen LogP contribution in [0.25, 0.3) is 11.3 Å². The van der Waals surface area contributed by atoms with Crippen molar-refractivity contribution < 1.29 is 18.0 Å². The van der Waals surface area contributed by atoms with Crippen molar-refractivity contribution in [1.29, 1.82) is 0 Å². The second-order valence-electron chi connectivity index (χ2n) is 5.75. The Kier molecular flexibility index (Phi) is 7.69. The predicted molar refractivity (Wildman–Crippen MR) is 112 cm³/mol. The molecular weight excluding hydrogens is 473 g/mol. The molecule has 1 amide bonds. The fourth-order valence-electron chi connectivity index (χ4n) is 2.43. The molecule has 1 heterocycles. The molecule has 5 nitrogen and oxygen atoms in total. The van der Waals surface area contributed by atoms with Crippen LogP contribution >= 0.6 is 27.5 Å². The Morgan fingerprint density at radius 3 is 2.45 bits per heavy atom. The molecule has 0 radical (unpaired) electrons. The zero-order valence-corrected chi connectivity index (χ0v) is 17.7. The number of aryl methyl sites for hydroxylation is 1. The number of nitrogens with one attached hydrogen (secondary N) is 2. The molecule has 3 aromatic rings. The lowest BCUT2D eigenvalue weighted by atomic mass is 10.1. The van der Waals surface area contributed by atoms with Gasteiger partial charge in [0.15, 0.2) is 0 Å². The molecule has 3 rings (SSSR count). The number of benzene rings is 2. The van der Waals surface area contributed by atoms with Gasteiger partial charge in [-0.15, -0.1) is 0 Å². The minimum Gasteiger partial charge on any atom is -0.388 e. The van der Waals surface area contributed by atoms with Gasteiger partial charge in [0, 0.05) is 25.3 Å². The summed E-state index contributed by atoms with van der Waals surface area (Å²) in [6.45, 7) is 0. The molecule has 0 atom stereocenters. The van der Waals surface area contributed by atoms with Crippen LogP contribution in [0.5, 0.6) is 0 Å². The van der Waals surface area contributed by atoms with Crippen molar-refractivity contribution in [3.05, 3.63) is 63.7 Å². The molecule has 154 valence electrons. The van der Waals surface area contributed by atoms with Gasteiger partial charge in [-0.05, 0) is 46.3 Å². The Morgan fingerprint density at radius 2 is 1.93 bits per heavy atom. The number of rotatable bonds is 4. The van der Waals surface area contributed by atoms with Crippen LogP contribution in [0.3, 0.4) is 0 Å². The maximum Gasteiger partial charge on any atom is 0.416 e. The first-order chi connectivity index (χ1) is 13.7. The maximum absolute atomic E-state index is 12.1. The van der Waals surface area contributed by atoms with Crippen molar-refractivity contribution in [3.8, 4) is 11.3 Å². The quantitative estimate of drug-likeness (QED) is 0.454. The van der Waals surface area contributed by atoms with Crippen molar-refractivity contribution in [2.45, 2.75) is 6.18 Å². The topological polar surface area (TPSA) is 59.0 Å². The molecule has 0 spiro atoms. The number of hydrogen-bond acceptors (Lipinski definition) is 3. The van der Waals surface area contributed by atoms with Crippen molar-refractivity contribution >= 4 is 45.3 Å². The highest BCUT2D eigenvalue weighted by Gasteiger charge is 2.30. The van der Waals surface area contributed by atoms with Gasteiger partial charge in [-0.3, -0.25) is 9.48 Å². The largest absolute Gasteiger partial charge is 0.416 e. The molecule has 10 heteroatoms. The summed E-state index contributed by atoms with van der Waals surface area (Å²) in [4.78, 5) is 10.0. The number of carbonyl (C=O) groups excluding carboxylic acids is 1. The Morgan fingerprint density at radius 1 is 1.21 bits per heavy atom. The van der Waals surface area contributed by atoms with Gasteiger partial charge in [0.05, 0.1) is 32.6 Å². The molecule has 29 heavy (non-hydrogen) atoms. The summed E-state index contributed by atoms with van der Waals surface area (Å²) < 4.78 is 39.3. The van der Waals surface area contributed by atoms with Crippen LogP contribution < -0.4 is 10.6 Å². The lowest BCUT2D eigenvalue weighted by Crippen LogP contribution is -2.05. The lowest BCUT2D eigenvalue weighted by Gasteiger charge is -2.08. The van der Waals surface area contributed by atoms with E-state index in [1.165, 1.54) is 0 Å². The van der Waals surface area contributed by atoms with Gasteiger partial charge in [0.1, 0.15) is 0 Å². The first-order valence-electron chi connectivity index (χ1n) is 8.20. The first kappa shape index (κ1) is 22.8. The van der Waals surface area contributed by atoms with E-state index in [2.05, 4.69) is 43.8 Å². The highest BCUT2D eigenvalue weighted by atomic mass is 79.9. The predicted octanol–water partition coefficient (Wildman–Crippen LogP) is 5.82. The van der Waals surface area contributed by atoms with E-state index >= 15 is 0 Å². The van der Waals surface area contributed by atoms with E-state index in [-0.39, 0.29) is 10.7 Å². The second kappa shape index (κ2) is 9.80. The average molecular weight is 490 g/mol. The first-order valence-corrected chi connectivity index (χ1v) is 9.37. The molecule has 0 fully saturated rings. The maximum atomic E-state index is 12.1. The fourth-order valence-corrected chi connectivity index (χ4v) is 3.24. The minimum absolute atomic E-state index is 0.146. The van der Waals surface area contributed by atoms with Crippen molar-refractivity contribution in [2.75, 3.05) is 17.7 Å². The lowest BCUT2D eigenvalue weighted by molar-refractivity contribution is -0.137. The third kappa shape index (κ3) is 5.98. The van der Waals surface area contributed by atoms with E-state index in [4.69, 9.17) is 11.6 Å². The zero-order valence-electron chi connectivity index (χ0n) is 15.4. The van der Waals surface area contributed by atoms with Gasteiger partial charge < -0.3 is 10.6 Å². The molecule has 0 aliphatic heterocycles. The van der Waals surface area contributed by atoms with Crippen LogP contribution in [0, 0.1) is 0 Å². The van der Waals surface area contributed by atoms with Crippen LogP contribution in [0.15, 0.2) is 53.1 Å². The molecule has 2 N–H and O–H groups in total. The molecule has 0 bridgehead atoms.